The minimum atomic E-state index is -0.757. The molecule has 0 aromatic heterocycles. The summed E-state index contributed by atoms with van der Waals surface area (Å²) in [5.41, 5.74) is 0. The van der Waals surface area contributed by atoms with E-state index in [4.69, 9.17) is 10.2 Å². The first-order valence-electron chi connectivity index (χ1n) is 3.10. The third-order valence-corrected chi connectivity index (χ3v) is 1.05. The predicted molar refractivity (Wildman–Crippen MR) is 40.3 cm³/mol. The number of aliphatic hydroxyl groups is 1. The van der Waals surface area contributed by atoms with E-state index in [9.17, 15) is 4.79 Å². The summed E-state index contributed by atoms with van der Waals surface area (Å²) in [5.74, 6) is -0.757. The van der Waals surface area contributed by atoms with Crippen molar-refractivity contribution in [3.05, 3.63) is 0 Å². The number of aliphatic carboxylic acids is 1. The summed E-state index contributed by atoms with van der Waals surface area (Å²) in [6.07, 6.45) is 2.42. The van der Waals surface area contributed by atoms with Crippen LogP contribution in [0.15, 0.2) is 0 Å². The van der Waals surface area contributed by atoms with Gasteiger partial charge in [-0.3, -0.25) is 4.79 Å². The maximum atomic E-state index is 9.90. The standard InChI is InChI=1S/C6H12O3.Na.H/c7-5-3-1-2-4-6(8)9;;/h7H,1-5H2,(H,8,9);;. The predicted octanol–water partition coefficient (Wildman–Crippen LogP) is -0.0248. The third kappa shape index (κ3) is 11.3. The van der Waals surface area contributed by atoms with Crippen molar-refractivity contribution in [2.45, 2.75) is 25.7 Å². The monoisotopic (exact) mass is 156 g/mol. The normalized spacial score (nSPS) is 8.50. The Morgan fingerprint density at radius 2 is 1.80 bits per heavy atom. The molecular weight excluding hydrogens is 143 g/mol. The number of hydrogen-bond acceptors (Lipinski definition) is 2. The van der Waals surface area contributed by atoms with Crippen LogP contribution in [-0.2, 0) is 4.79 Å². The second kappa shape index (κ2) is 9.43. The van der Waals surface area contributed by atoms with Crippen LogP contribution in [0, 0.1) is 0 Å². The Bertz CT molecular complexity index is 85.1. The molecule has 0 radical (unpaired) electrons. The van der Waals surface area contributed by atoms with E-state index in [2.05, 4.69) is 0 Å². The van der Waals surface area contributed by atoms with Crippen molar-refractivity contribution >= 4 is 35.5 Å². The van der Waals surface area contributed by atoms with Gasteiger partial charge < -0.3 is 10.2 Å². The van der Waals surface area contributed by atoms with Gasteiger partial charge in [0.25, 0.3) is 0 Å². The third-order valence-electron chi connectivity index (χ3n) is 1.05. The van der Waals surface area contributed by atoms with Crippen LogP contribution in [0.2, 0.25) is 0 Å². The number of rotatable bonds is 5. The van der Waals surface area contributed by atoms with E-state index < -0.39 is 5.97 Å². The molecule has 0 spiro atoms. The van der Waals surface area contributed by atoms with Crippen molar-refractivity contribution in [3.8, 4) is 0 Å². The zero-order valence-electron chi connectivity index (χ0n) is 5.34. The van der Waals surface area contributed by atoms with Gasteiger partial charge in [0.05, 0.1) is 0 Å². The number of carbonyl (C=O) groups is 1. The average Bonchev–Trinajstić information content (AvgIpc) is 1.80. The molecule has 4 heteroatoms. The molecule has 56 valence electrons. The summed E-state index contributed by atoms with van der Waals surface area (Å²) in [5, 5.41) is 16.4. The molecule has 10 heavy (non-hydrogen) atoms. The second-order valence-electron chi connectivity index (χ2n) is 1.93. The van der Waals surface area contributed by atoms with Gasteiger partial charge in [-0.05, 0) is 12.8 Å². The fourth-order valence-electron chi connectivity index (χ4n) is 0.565. The van der Waals surface area contributed by atoms with Crippen molar-refractivity contribution in [1.29, 1.82) is 0 Å². The van der Waals surface area contributed by atoms with Crippen LogP contribution in [0.4, 0.5) is 0 Å². The zero-order chi connectivity index (χ0) is 7.11. The Balaban J connectivity index is 0. The summed E-state index contributed by atoms with van der Waals surface area (Å²) in [6.45, 7) is 0.166. The molecule has 0 heterocycles. The van der Waals surface area contributed by atoms with Crippen LogP contribution in [-0.4, -0.2) is 52.3 Å². The van der Waals surface area contributed by atoms with Gasteiger partial charge in [0.15, 0.2) is 0 Å². The van der Waals surface area contributed by atoms with Crippen molar-refractivity contribution in [2.24, 2.45) is 0 Å². The van der Waals surface area contributed by atoms with Gasteiger partial charge in [-0.1, -0.05) is 6.42 Å². The number of aliphatic hydroxyl groups excluding tert-OH is 1. The molecule has 0 aromatic carbocycles. The van der Waals surface area contributed by atoms with Crippen LogP contribution in [0.1, 0.15) is 25.7 Å². The number of hydrogen-bond donors (Lipinski definition) is 2. The molecule has 0 bridgehead atoms. The summed E-state index contributed by atoms with van der Waals surface area (Å²) < 4.78 is 0. The van der Waals surface area contributed by atoms with Gasteiger partial charge in [0.1, 0.15) is 0 Å². The van der Waals surface area contributed by atoms with Crippen molar-refractivity contribution in [3.63, 3.8) is 0 Å². The number of unbranched alkanes of at least 4 members (excludes halogenated alkanes) is 2. The van der Waals surface area contributed by atoms with E-state index in [-0.39, 0.29) is 42.6 Å². The molecule has 0 aliphatic carbocycles. The first-order chi connectivity index (χ1) is 4.27. The Morgan fingerprint density at radius 3 is 2.20 bits per heavy atom. The van der Waals surface area contributed by atoms with Crippen LogP contribution < -0.4 is 0 Å². The Labute approximate surface area is 82.7 Å². The summed E-state index contributed by atoms with van der Waals surface area (Å²) >= 11 is 0. The molecule has 0 unspecified atom stereocenters. The quantitative estimate of drug-likeness (QED) is 0.434. The summed E-state index contributed by atoms with van der Waals surface area (Å²) in [6, 6.07) is 0. The molecule has 0 aromatic rings. The average molecular weight is 156 g/mol. The van der Waals surface area contributed by atoms with Gasteiger partial charge in [-0.2, -0.15) is 0 Å². The van der Waals surface area contributed by atoms with Crippen molar-refractivity contribution in [1.82, 2.24) is 0 Å². The van der Waals surface area contributed by atoms with Gasteiger partial charge in [0.2, 0.25) is 0 Å². The topological polar surface area (TPSA) is 57.5 Å². The minimum absolute atomic E-state index is 0. The first kappa shape index (κ1) is 13.1. The van der Waals surface area contributed by atoms with Crippen LogP contribution in [0.25, 0.3) is 0 Å². The molecule has 0 amide bonds. The van der Waals surface area contributed by atoms with Crippen LogP contribution in [0.3, 0.4) is 0 Å². The molecule has 0 aliphatic rings. The Hall–Kier alpha value is 0.430. The molecule has 2 N–H and O–H groups in total. The van der Waals surface area contributed by atoms with E-state index in [0.717, 1.165) is 6.42 Å². The summed E-state index contributed by atoms with van der Waals surface area (Å²) in [7, 11) is 0. The van der Waals surface area contributed by atoms with Crippen molar-refractivity contribution < 1.29 is 15.0 Å². The van der Waals surface area contributed by atoms with Gasteiger partial charge >= 0.3 is 35.5 Å². The van der Waals surface area contributed by atoms with E-state index in [1.807, 2.05) is 0 Å². The molecule has 0 saturated carbocycles. The van der Waals surface area contributed by atoms with Crippen molar-refractivity contribution in [2.75, 3.05) is 6.61 Å². The van der Waals surface area contributed by atoms with Gasteiger partial charge in [0, 0.05) is 13.0 Å². The van der Waals surface area contributed by atoms with Gasteiger partial charge in [-0.25, -0.2) is 0 Å². The van der Waals surface area contributed by atoms with E-state index in [0.29, 0.717) is 12.8 Å². The molecule has 3 nitrogen and oxygen atoms in total. The number of carboxylic acid groups (broad SMARTS) is 1. The van der Waals surface area contributed by atoms with Crippen LogP contribution >= 0.6 is 0 Å². The Morgan fingerprint density at radius 1 is 1.20 bits per heavy atom. The molecule has 0 saturated heterocycles. The SMILES string of the molecule is O=C(O)CCCCCO.[NaH]. The maximum absolute atomic E-state index is 9.90. The molecule has 0 aliphatic heterocycles. The molecular formula is C6H13NaO3. The van der Waals surface area contributed by atoms with E-state index in [1.54, 1.807) is 0 Å². The first-order valence-corrected chi connectivity index (χ1v) is 3.10. The Kier molecular flexibility index (Phi) is 12.3. The fraction of sp³-hybridized carbons (Fsp3) is 0.833. The number of carboxylic acids is 1. The molecule has 0 rings (SSSR count). The fourth-order valence-corrected chi connectivity index (χ4v) is 0.565. The molecule has 0 atom stereocenters. The summed E-state index contributed by atoms with van der Waals surface area (Å²) in [4.78, 5) is 9.90. The zero-order valence-corrected chi connectivity index (χ0v) is 5.34. The van der Waals surface area contributed by atoms with E-state index in [1.165, 1.54) is 0 Å². The van der Waals surface area contributed by atoms with Crippen LogP contribution in [0.5, 0.6) is 0 Å². The molecule has 0 fully saturated rings. The van der Waals surface area contributed by atoms with E-state index >= 15 is 0 Å². The second-order valence-corrected chi connectivity index (χ2v) is 1.93. The van der Waals surface area contributed by atoms with Gasteiger partial charge in [-0.15, -0.1) is 0 Å².